The summed E-state index contributed by atoms with van der Waals surface area (Å²) >= 11 is 0. The van der Waals surface area contributed by atoms with Crippen LogP contribution in [0.2, 0.25) is 0 Å². The second kappa shape index (κ2) is 12.7. The fourth-order valence-corrected chi connectivity index (χ4v) is 4.18. The number of nitrogens with one attached hydrogen (secondary N) is 2. The molecule has 0 fully saturated rings. The number of likely N-dealkylation sites (N-methyl/N-ethyl adjacent to an activating group) is 1. The van der Waals surface area contributed by atoms with Crippen LogP contribution in [0, 0.1) is 26.7 Å². The van der Waals surface area contributed by atoms with Crippen LogP contribution in [0.15, 0.2) is 42.5 Å². The molecule has 0 spiro atoms. The van der Waals surface area contributed by atoms with Gasteiger partial charge in [0.15, 0.2) is 0 Å². The van der Waals surface area contributed by atoms with Crippen LogP contribution in [-0.4, -0.2) is 41.0 Å². The molecule has 0 aliphatic heterocycles. The molecule has 0 bridgehead atoms. The number of carbonyl (C=O) groups excluding carboxylic acids is 3. The molecule has 7 nitrogen and oxygen atoms in total. The van der Waals surface area contributed by atoms with E-state index in [0.717, 1.165) is 22.3 Å². The van der Waals surface area contributed by atoms with Gasteiger partial charge in [-0.05, 0) is 77.1 Å². The Morgan fingerprint density at radius 3 is 2.19 bits per heavy atom. The summed E-state index contributed by atoms with van der Waals surface area (Å²) in [5.41, 5.74) is 3.56. The maximum absolute atomic E-state index is 14.1. The number of anilines is 1. The normalized spacial score (nSPS) is 13.8. The van der Waals surface area contributed by atoms with Crippen molar-refractivity contribution in [3.05, 3.63) is 64.7 Å². The third kappa shape index (κ3) is 8.07. The second-order valence-corrected chi connectivity index (χ2v) is 10.7. The smallest absolute Gasteiger partial charge is 0.408 e. The Hall–Kier alpha value is -3.35. The lowest BCUT2D eigenvalue weighted by molar-refractivity contribution is -0.141. The first-order valence-electron chi connectivity index (χ1n) is 13.0. The molecule has 3 atom stereocenters. The van der Waals surface area contributed by atoms with Gasteiger partial charge in [-0.3, -0.25) is 9.59 Å². The lowest BCUT2D eigenvalue weighted by atomic mass is 9.93. The average Bonchev–Trinajstić information content (AvgIpc) is 2.82. The SMILES string of the molecule is CCC(C)C(NC(=O)OC(C)(C)C)C(=O)N(CC)C(C(=O)Nc1ccccc1C)c1cc(C)ccc1C. The van der Waals surface area contributed by atoms with Crippen molar-refractivity contribution in [3.8, 4) is 0 Å². The first kappa shape index (κ1) is 29.9. The van der Waals surface area contributed by atoms with E-state index < -0.39 is 23.8 Å². The summed E-state index contributed by atoms with van der Waals surface area (Å²) in [5, 5.41) is 5.82. The number of alkyl carbamates (subject to hydrolysis) is 1. The van der Waals surface area contributed by atoms with Gasteiger partial charge in [0, 0.05) is 12.2 Å². The van der Waals surface area contributed by atoms with E-state index in [4.69, 9.17) is 4.74 Å². The van der Waals surface area contributed by atoms with Gasteiger partial charge in [0.1, 0.15) is 17.7 Å². The van der Waals surface area contributed by atoms with Crippen molar-refractivity contribution in [1.29, 1.82) is 0 Å². The molecule has 2 N–H and O–H groups in total. The Morgan fingerprint density at radius 1 is 0.973 bits per heavy atom. The molecule has 2 rings (SSSR count). The van der Waals surface area contributed by atoms with Crippen LogP contribution in [0.4, 0.5) is 10.5 Å². The summed E-state index contributed by atoms with van der Waals surface area (Å²) in [4.78, 5) is 42.2. The van der Waals surface area contributed by atoms with E-state index in [2.05, 4.69) is 10.6 Å². The topological polar surface area (TPSA) is 87.7 Å². The summed E-state index contributed by atoms with van der Waals surface area (Å²) < 4.78 is 5.45. The van der Waals surface area contributed by atoms with Gasteiger partial charge in [-0.15, -0.1) is 0 Å². The summed E-state index contributed by atoms with van der Waals surface area (Å²) in [7, 11) is 0. The number of ether oxygens (including phenoxy) is 1. The van der Waals surface area contributed by atoms with Crippen molar-refractivity contribution in [2.24, 2.45) is 5.92 Å². The molecule has 0 aromatic heterocycles. The number of hydrogen-bond donors (Lipinski definition) is 2. The first-order valence-corrected chi connectivity index (χ1v) is 13.0. The van der Waals surface area contributed by atoms with Crippen LogP contribution in [0.3, 0.4) is 0 Å². The van der Waals surface area contributed by atoms with Crippen LogP contribution < -0.4 is 10.6 Å². The third-order valence-corrected chi connectivity index (χ3v) is 6.47. The Labute approximate surface area is 222 Å². The molecule has 3 unspecified atom stereocenters. The molecule has 0 saturated heterocycles. The van der Waals surface area contributed by atoms with Gasteiger partial charge in [-0.25, -0.2) is 4.79 Å². The molecule has 0 aliphatic rings. The molecule has 0 radical (unpaired) electrons. The van der Waals surface area contributed by atoms with Gasteiger partial charge in [-0.2, -0.15) is 0 Å². The van der Waals surface area contributed by atoms with E-state index in [1.54, 1.807) is 25.7 Å². The zero-order chi connectivity index (χ0) is 27.9. The molecular weight excluding hydrogens is 466 g/mol. The molecule has 2 aromatic rings. The number of rotatable bonds is 9. The summed E-state index contributed by atoms with van der Waals surface area (Å²) in [5.74, 6) is -0.806. The number of hydrogen-bond acceptors (Lipinski definition) is 4. The molecule has 0 heterocycles. The number of carbonyl (C=O) groups is 3. The van der Waals surface area contributed by atoms with Gasteiger partial charge in [0.2, 0.25) is 5.91 Å². The zero-order valence-corrected chi connectivity index (χ0v) is 23.8. The predicted octanol–water partition coefficient (Wildman–Crippen LogP) is 6.08. The number of benzene rings is 2. The van der Waals surface area contributed by atoms with Crippen molar-refractivity contribution in [1.82, 2.24) is 10.2 Å². The highest BCUT2D eigenvalue weighted by Crippen LogP contribution is 2.29. The number of nitrogens with zero attached hydrogens (tertiary/aromatic N) is 1. The lowest BCUT2D eigenvalue weighted by Crippen LogP contribution is -2.54. The molecule has 7 heteroatoms. The fourth-order valence-electron chi connectivity index (χ4n) is 4.18. The molecule has 3 amide bonds. The molecule has 202 valence electrons. The summed E-state index contributed by atoms with van der Waals surface area (Å²) in [6.07, 6.45) is 0.00248. The Bertz CT molecular complexity index is 1110. The van der Waals surface area contributed by atoms with Crippen LogP contribution in [0.25, 0.3) is 0 Å². The van der Waals surface area contributed by atoms with Crippen molar-refractivity contribution in [3.63, 3.8) is 0 Å². The van der Waals surface area contributed by atoms with E-state index in [-0.39, 0.29) is 24.3 Å². The standard InChI is InChI=1S/C30H43N3O4/c1-10-20(4)25(32-29(36)37-30(7,8)9)28(35)33(11-2)26(23-18-19(3)16-17-21(23)5)27(34)31-24-15-13-12-14-22(24)6/h12-18,20,25-26H,10-11H2,1-9H3,(H,31,34)(H,32,36). The van der Waals surface area contributed by atoms with Crippen molar-refractivity contribution in [2.75, 3.05) is 11.9 Å². The van der Waals surface area contributed by atoms with E-state index in [9.17, 15) is 14.4 Å². The van der Waals surface area contributed by atoms with Gasteiger partial charge in [0.25, 0.3) is 5.91 Å². The van der Waals surface area contributed by atoms with Crippen molar-refractivity contribution < 1.29 is 19.1 Å². The minimum Gasteiger partial charge on any atom is -0.444 e. The maximum Gasteiger partial charge on any atom is 0.408 e. The summed E-state index contributed by atoms with van der Waals surface area (Å²) in [6.45, 7) is 17.1. The Kier molecular flexibility index (Phi) is 10.3. The maximum atomic E-state index is 14.1. The van der Waals surface area contributed by atoms with Crippen LogP contribution in [-0.2, 0) is 14.3 Å². The monoisotopic (exact) mass is 509 g/mol. The fraction of sp³-hybridized carbons (Fsp3) is 0.500. The largest absolute Gasteiger partial charge is 0.444 e. The Morgan fingerprint density at radius 2 is 1.62 bits per heavy atom. The van der Waals surface area contributed by atoms with E-state index >= 15 is 0 Å². The van der Waals surface area contributed by atoms with E-state index in [1.807, 2.05) is 84.0 Å². The molecule has 0 saturated carbocycles. The Balaban J connectivity index is 2.54. The van der Waals surface area contributed by atoms with Crippen LogP contribution in [0.5, 0.6) is 0 Å². The minimum absolute atomic E-state index is 0.173. The molecule has 37 heavy (non-hydrogen) atoms. The van der Waals surface area contributed by atoms with Gasteiger partial charge < -0.3 is 20.3 Å². The zero-order valence-electron chi connectivity index (χ0n) is 23.8. The molecule has 0 aliphatic carbocycles. The highest BCUT2D eigenvalue weighted by molar-refractivity contribution is 5.99. The number of aryl methyl sites for hydroxylation is 3. The van der Waals surface area contributed by atoms with Crippen LogP contribution in [0.1, 0.15) is 76.3 Å². The highest BCUT2D eigenvalue weighted by Gasteiger charge is 2.38. The average molecular weight is 510 g/mol. The van der Waals surface area contributed by atoms with Gasteiger partial charge >= 0.3 is 6.09 Å². The van der Waals surface area contributed by atoms with Crippen LogP contribution >= 0.6 is 0 Å². The number of para-hydroxylation sites is 1. The predicted molar refractivity (Wildman–Crippen MR) is 148 cm³/mol. The first-order chi connectivity index (χ1) is 17.3. The quantitative estimate of drug-likeness (QED) is 0.429. The third-order valence-electron chi connectivity index (χ3n) is 6.47. The van der Waals surface area contributed by atoms with E-state index in [0.29, 0.717) is 12.1 Å². The lowest BCUT2D eigenvalue weighted by Gasteiger charge is -2.36. The second-order valence-electron chi connectivity index (χ2n) is 10.7. The minimum atomic E-state index is -0.885. The number of amides is 3. The molecule has 2 aromatic carbocycles. The molecular formula is C30H43N3O4. The summed E-state index contributed by atoms with van der Waals surface area (Å²) in [6, 6.07) is 11.7. The van der Waals surface area contributed by atoms with Crippen molar-refractivity contribution >= 4 is 23.6 Å². The van der Waals surface area contributed by atoms with E-state index in [1.165, 1.54) is 0 Å². The van der Waals surface area contributed by atoms with Gasteiger partial charge in [-0.1, -0.05) is 62.2 Å². The van der Waals surface area contributed by atoms with Gasteiger partial charge in [0.05, 0.1) is 0 Å². The highest BCUT2D eigenvalue weighted by atomic mass is 16.6. The van der Waals surface area contributed by atoms with Crippen molar-refractivity contribution in [2.45, 2.75) is 86.4 Å².